The number of nitrogens with one attached hydrogen (secondary N) is 1. The maximum Gasteiger partial charge on any atom is 0.0339 e. The van der Waals surface area contributed by atoms with Crippen molar-refractivity contribution in [2.75, 3.05) is 13.1 Å². The van der Waals surface area contributed by atoms with Crippen molar-refractivity contribution >= 4 is 11.6 Å². The van der Waals surface area contributed by atoms with Gasteiger partial charge < -0.3 is 5.32 Å². The normalized spacial score (nSPS) is 27.6. The Morgan fingerprint density at radius 3 is 2.77 bits per heavy atom. The minimum Gasteiger partial charge on any atom is -0.313 e. The molecule has 0 saturated heterocycles. The van der Waals surface area contributed by atoms with Crippen LogP contribution >= 0.6 is 11.6 Å². The van der Waals surface area contributed by atoms with Crippen LogP contribution in [0, 0.1) is 5.92 Å². The Balaban J connectivity index is 2.03. The summed E-state index contributed by atoms with van der Waals surface area (Å²) >= 11 is 6.03. The van der Waals surface area contributed by atoms with Crippen molar-refractivity contribution in [3.05, 3.63) is 11.6 Å². The van der Waals surface area contributed by atoms with Crippen molar-refractivity contribution in [2.45, 2.75) is 38.5 Å². The molecule has 1 aliphatic carbocycles. The molecule has 1 saturated carbocycles. The van der Waals surface area contributed by atoms with E-state index in [1.54, 1.807) is 0 Å². The molecule has 0 amide bonds. The minimum atomic E-state index is 0.440. The van der Waals surface area contributed by atoms with Crippen LogP contribution in [0.4, 0.5) is 0 Å². The molecule has 0 radical (unpaired) electrons. The number of allylic oxidation sites excluding steroid dienone is 1. The standard InChI is InChI=1S/C11H20ClN/c1-9(2)5-6-13-8-10-3-4-11(12)7-10/h5,10-11,13H,3-4,6-8H2,1-2H3. The third kappa shape index (κ3) is 4.68. The monoisotopic (exact) mass is 201 g/mol. The fourth-order valence-electron chi connectivity index (χ4n) is 1.76. The lowest BCUT2D eigenvalue weighted by Gasteiger charge is -2.08. The van der Waals surface area contributed by atoms with Gasteiger partial charge in [-0.1, -0.05) is 11.6 Å². The molecule has 0 heterocycles. The molecule has 1 aliphatic rings. The topological polar surface area (TPSA) is 12.0 Å². The fraction of sp³-hybridized carbons (Fsp3) is 0.818. The fourth-order valence-corrected chi connectivity index (χ4v) is 2.14. The first-order valence-electron chi connectivity index (χ1n) is 5.16. The van der Waals surface area contributed by atoms with Crippen LogP contribution in [0.1, 0.15) is 33.1 Å². The molecular weight excluding hydrogens is 182 g/mol. The lowest BCUT2D eigenvalue weighted by Crippen LogP contribution is -2.21. The van der Waals surface area contributed by atoms with Crippen molar-refractivity contribution in [3.8, 4) is 0 Å². The van der Waals surface area contributed by atoms with E-state index in [1.165, 1.54) is 24.8 Å². The van der Waals surface area contributed by atoms with Gasteiger partial charge in [0, 0.05) is 11.9 Å². The molecule has 1 rings (SSSR count). The molecule has 0 aliphatic heterocycles. The van der Waals surface area contributed by atoms with Crippen molar-refractivity contribution < 1.29 is 0 Å². The predicted octanol–water partition coefficient (Wildman–Crippen LogP) is 2.95. The van der Waals surface area contributed by atoms with Gasteiger partial charge in [0.15, 0.2) is 0 Å². The zero-order valence-electron chi connectivity index (χ0n) is 8.65. The molecule has 13 heavy (non-hydrogen) atoms. The van der Waals surface area contributed by atoms with Crippen LogP contribution in [-0.2, 0) is 0 Å². The zero-order chi connectivity index (χ0) is 9.68. The first kappa shape index (κ1) is 11.1. The van der Waals surface area contributed by atoms with Gasteiger partial charge in [-0.25, -0.2) is 0 Å². The summed E-state index contributed by atoms with van der Waals surface area (Å²) < 4.78 is 0. The molecule has 2 heteroatoms. The number of hydrogen-bond acceptors (Lipinski definition) is 1. The SMILES string of the molecule is CC(C)=CCNCC1CCC(Cl)C1. The summed E-state index contributed by atoms with van der Waals surface area (Å²) in [7, 11) is 0. The van der Waals surface area contributed by atoms with Gasteiger partial charge in [-0.3, -0.25) is 0 Å². The Hall–Kier alpha value is -0.0100. The average Bonchev–Trinajstić information content (AvgIpc) is 2.45. The molecule has 2 unspecified atom stereocenters. The highest BCUT2D eigenvalue weighted by molar-refractivity contribution is 6.20. The third-order valence-corrected chi connectivity index (χ3v) is 2.96. The van der Waals surface area contributed by atoms with E-state index in [9.17, 15) is 0 Å². The summed E-state index contributed by atoms with van der Waals surface area (Å²) in [5, 5.41) is 3.88. The van der Waals surface area contributed by atoms with E-state index in [-0.39, 0.29) is 0 Å². The Morgan fingerprint density at radius 2 is 2.23 bits per heavy atom. The highest BCUT2D eigenvalue weighted by Gasteiger charge is 2.21. The van der Waals surface area contributed by atoms with Gasteiger partial charge in [0.1, 0.15) is 0 Å². The maximum atomic E-state index is 6.03. The molecule has 0 spiro atoms. The van der Waals surface area contributed by atoms with E-state index in [2.05, 4.69) is 25.2 Å². The van der Waals surface area contributed by atoms with Gasteiger partial charge in [0.2, 0.25) is 0 Å². The van der Waals surface area contributed by atoms with Gasteiger partial charge in [0.25, 0.3) is 0 Å². The number of hydrogen-bond donors (Lipinski definition) is 1. The smallest absolute Gasteiger partial charge is 0.0339 e. The summed E-state index contributed by atoms with van der Waals surface area (Å²) in [6.07, 6.45) is 5.93. The van der Waals surface area contributed by atoms with Gasteiger partial charge in [0.05, 0.1) is 0 Å². The van der Waals surface area contributed by atoms with Crippen molar-refractivity contribution in [1.29, 1.82) is 0 Å². The molecule has 2 atom stereocenters. The van der Waals surface area contributed by atoms with Gasteiger partial charge in [-0.15, -0.1) is 11.6 Å². The first-order valence-corrected chi connectivity index (χ1v) is 5.60. The van der Waals surface area contributed by atoms with Crippen LogP contribution in [0.5, 0.6) is 0 Å². The van der Waals surface area contributed by atoms with E-state index in [4.69, 9.17) is 11.6 Å². The molecule has 0 aromatic rings. The van der Waals surface area contributed by atoms with Crippen LogP contribution in [0.25, 0.3) is 0 Å². The molecule has 76 valence electrons. The summed E-state index contributed by atoms with van der Waals surface area (Å²) in [5.74, 6) is 0.813. The van der Waals surface area contributed by atoms with E-state index in [1.807, 2.05) is 0 Å². The minimum absolute atomic E-state index is 0.440. The van der Waals surface area contributed by atoms with Crippen LogP contribution in [0.3, 0.4) is 0 Å². The number of halogens is 1. The second-order valence-corrected chi connectivity index (χ2v) is 4.83. The largest absolute Gasteiger partial charge is 0.313 e. The van der Waals surface area contributed by atoms with E-state index in [0.717, 1.165) is 19.0 Å². The molecule has 0 aromatic carbocycles. The molecule has 0 aromatic heterocycles. The van der Waals surface area contributed by atoms with E-state index in [0.29, 0.717) is 5.38 Å². The second-order valence-electron chi connectivity index (χ2n) is 4.22. The molecule has 1 fully saturated rings. The summed E-state index contributed by atoms with van der Waals surface area (Å²) in [6, 6.07) is 0. The highest BCUT2D eigenvalue weighted by atomic mass is 35.5. The van der Waals surface area contributed by atoms with Crippen molar-refractivity contribution in [3.63, 3.8) is 0 Å². The Bertz CT molecular complexity index is 173. The van der Waals surface area contributed by atoms with Crippen LogP contribution in [-0.4, -0.2) is 18.5 Å². The number of alkyl halides is 1. The quantitative estimate of drug-likeness (QED) is 0.419. The highest BCUT2D eigenvalue weighted by Crippen LogP contribution is 2.28. The summed E-state index contributed by atoms with van der Waals surface area (Å²) in [5.41, 5.74) is 1.38. The molecule has 1 N–H and O–H groups in total. The van der Waals surface area contributed by atoms with Gasteiger partial charge >= 0.3 is 0 Å². The molecule has 1 nitrogen and oxygen atoms in total. The number of rotatable bonds is 4. The third-order valence-electron chi connectivity index (χ3n) is 2.56. The van der Waals surface area contributed by atoms with Crippen LogP contribution < -0.4 is 5.32 Å². The van der Waals surface area contributed by atoms with Crippen LogP contribution in [0.2, 0.25) is 0 Å². The Morgan fingerprint density at radius 1 is 1.46 bits per heavy atom. The van der Waals surface area contributed by atoms with E-state index >= 15 is 0 Å². The molecule has 0 bridgehead atoms. The van der Waals surface area contributed by atoms with Crippen molar-refractivity contribution in [2.24, 2.45) is 5.92 Å². The molecular formula is C11H20ClN. The summed E-state index contributed by atoms with van der Waals surface area (Å²) in [4.78, 5) is 0. The van der Waals surface area contributed by atoms with Crippen LogP contribution in [0.15, 0.2) is 11.6 Å². The lowest BCUT2D eigenvalue weighted by atomic mass is 10.1. The Labute approximate surface area is 86.5 Å². The zero-order valence-corrected chi connectivity index (χ0v) is 9.40. The van der Waals surface area contributed by atoms with E-state index < -0.39 is 0 Å². The average molecular weight is 202 g/mol. The lowest BCUT2D eigenvalue weighted by molar-refractivity contribution is 0.505. The second kappa shape index (κ2) is 5.66. The summed E-state index contributed by atoms with van der Waals surface area (Å²) in [6.45, 7) is 6.40. The van der Waals surface area contributed by atoms with Gasteiger partial charge in [-0.2, -0.15) is 0 Å². The Kier molecular flexibility index (Phi) is 4.82. The predicted molar refractivity (Wildman–Crippen MR) is 59.3 cm³/mol. The van der Waals surface area contributed by atoms with Gasteiger partial charge in [-0.05, 0) is 45.6 Å². The first-order chi connectivity index (χ1) is 6.18. The van der Waals surface area contributed by atoms with Crippen molar-refractivity contribution in [1.82, 2.24) is 5.32 Å². The maximum absolute atomic E-state index is 6.03.